The topological polar surface area (TPSA) is 104 Å². The van der Waals surface area contributed by atoms with Crippen LogP contribution in [0, 0.1) is 5.92 Å². The van der Waals surface area contributed by atoms with E-state index >= 15 is 0 Å². The molecule has 3 aliphatic rings. The molecule has 3 N–H and O–H groups in total. The normalized spacial score (nSPS) is 20.9. The molecule has 34 heavy (non-hydrogen) atoms. The number of pyridine rings is 1. The first-order chi connectivity index (χ1) is 16.4. The minimum atomic E-state index is -0.240. The van der Waals surface area contributed by atoms with Crippen molar-refractivity contribution in [3.05, 3.63) is 16.7 Å². The molecule has 1 aromatic heterocycles. The van der Waals surface area contributed by atoms with Crippen LogP contribution in [0.4, 0.5) is 10.6 Å². The minimum absolute atomic E-state index is 0.105. The number of methoxy groups -OCH3 is 1. The van der Waals surface area contributed by atoms with Crippen LogP contribution in [0.25, 0.3) is 0 Å². The molecule has 0 radical (unpaired) electrons. The molecule has 0 atom stereocenters. The van der Waals surface area contributed by atoms with E-state index in [-0.39, 0.29) is 34.7 Å². The second kappa shape index (κ2) is 11.4. The lowest BCUT2D eigenvalue weighted by Crippen LogP contribution is -2.50. The van der Waals surface area contributed by atoms with Crippen molar-refractivity contribution in [2.45, 2.75) is 51.0 Å². The average molecular weight is 493 g/mol. The first-order valence-electron chi connectivity index (χ1n) is 12.5. The fourth-order valence-electron chi connectivity index (χ4n) is 5.28. The highest BCUT2D eigenvalue weighted by atomic mass is 35.5. The van der Waals surface area contributed by atoms with Crippen molar-refractivity contribution in [2.75, 3.05) is 58.7 Å². The third-order valence-electron chi connectivity index (χ3n) is 7.36. The number of piperidine rings is 3. The van der Waals surface area contributed by atoms with Crippen LogP contribution >= 0.6 is 11.6 Å². The van der Waals surface area contributed by atoms with Gasteiger partial charge in [-0.05, 0) is 56.9 Å². The van der Waals surface area contributed by atoms with Gasteiger partial charge in [0.1, 0.15) is 11.4 Å². The maximum Gasteiger partial charge on any atom is 0.319 e. The van der Waals surface area contributed by atoms with Gasteiger partial charge >= 0.3 is 6.03 Å². The summed E-state index contributed by atoms with van der Waals surface area (Å²) in [4.78, 5) is 36.1. The third kappa shape index (κ3) is 6.05. The Bertz CT molecular complexity index is 863. The number of hydrogen-bond acceptors (Lipinski definition) is 6. The molecule has 4 heterocycles. The zero-order valence-electron chi connectivity index (χ0n) is 20.1. The molecule has 0 spiro atoms. The lowest BCUT2D eigenvalue weighted by Gasteiger charge is -2.39. The number of amides is 3. The molecule has 188 valence electrons. The van der Waals surface area contributed by atoms with Crippen LogP contribution in [0.1, 0.15) is 55.3 Å². The fourth-order valence-corrected chi connectivity index (χ4v) is 5.44. The van der Waals surface area contributed by atoms with E-state index in [4.69, 9.17) is 22.1 Å². The van der Waals surface area contributed by atoms with Crippen molar-refractivity contribution in [3.8, 4) is 5.88 Å². The maximum atomic E-state index is 12.8. The molecule has 1 aromatic rings. The summed E-state index contributed by atoms with van der Waals surface area (Å²) >= 11 is 6.05. The lowest BCUT2D eigenvalue weighted by atomic mass is 9.94. The fraction of sp³-hybridized carbons (Fsp3) is 0.708. The number of urea groups is 1. The van der Waals surface area contributed by atoms with Crippen molar-refractivity contribution in [3.63, 3.8) is 0 Å². The van der Waals surface area contributed by atoms with Gasteiger partial charge in [0, 0.05) is 51.9 Å². The van der Waals surface area contributed by atoms with Gasteiger partial charge in [-0.25, -0.2) is 4.79 Å². The molecule has 0 aromatic carbocycles. The number of aromatic nitrogens is 1. The number of nitrogen functional groups attached to an aromatic ring is 1. The number of ether oxygens (including phenoxy) is 1. The Kier molecular flexibility index (Phi) is 8.37. The third-order valence-corrected chi connectivity index (χ3v) is 7.66. The number of rotatable bonds is 5. The van der Waals surface area contributed by atoms with E-state index in [0.29, 0.717) is 11.5 Å². The summed E-state index contributed by atoms with van der Waals surface area (Å²) in [5.74, 6) is 0.714. The molecule has 3 aliphatic heterocycles. The molecule has 3 amide bonds. The summed E-state index contributed by atoms with van der Waals surface area (Å²) in [6.45, 7) is 6.54. The smallest absolute Gasteiger partial charge is 0.319 e. The van der Waals surface area contributed by atoms with Gasteiger partial charge in [0.15, 0.2) is 0 Å². The van der Waals surface area contributed by atoms with Crippen LogP contribution in [0.5, 0.6) is 5.88 Å². The monoisotopic (exact) mass is 492 g/mol. The Morgan fingerprint density at radius 1 is 1.06 bits per heavy atom. The van der Waals surface area contributed by atoms with Gasteiger partial charge in [-0.1, -0.05) is 11.6 Å². The van der Waals surface area contributed by atoms with Gasteiger partial charge in [0.2, 0.25) is 5.88 Å². The number of nitrogens with one attached hydrogen (secondary N) is 1. The molecule has 0 saturated carbocycles. The Hall–Kier alpha value is -2.26. The molecule has 3 saturated heterocycles. The van der Waals surface area contributed by atoms with Crippen molar-refractivity contribution in [1.82, 2.24) is 25.0 Å². The van der Waals surface area contributed by atoms with E-state index in [2.05, 4.69) is 20.1 Å². The number of halogens is 1. The maximum absolute atomic E-state index is 12.8. The number of nitrogens with two attached hydrogens (primary N) is 1. The summed E-state index contributed by atoms with van der Waals surface area (Å²) in [6.07, 6.45) is 7.45. The van der Waals surface area contributed by atoms with E-state index in [1.807, 2.05) is 4.90 Å². The molecule has 0 unspecified atom stereocenters. The highest BCUT2D eigenvalue weighted by Gasteiger charge is 2.29. The second-order valence-corrected chi connectivity index (χ2v) is 10.1. The molecule has 0 aliphatic carbocycles. The summed E-state index contributed by atoms with van der Waals surface area (Å²) in [5.41, 5.74) is 6.02. The van der Waals surface area contributed by atoms with Gasteiger partial charge in [0.05, 0.1) is 12.1 Å². The second-order valence-electron chi connectivity index (χ2n) is 9.72. The quantitative estimate of drug-likeness (QED) is 0.655. The average Bonchev–Trinajstić information content (AvgIpc) is 2.87. The number of nitrogens with zero attached hydrogens (tertiary/aromatic N) is 4. The van der Waals surface area contributed by atoms with Gasteiger partial charge in [-0.15, -0.1) is 0 Å². The van der Waals surface area contributed by atoms with E-state index in [9.17, 15) is 9.59 Å². The molecule has 3 fully saturated rings. The Labute approximate surface area is 206 Å². The van der Waals surface area contributed by atoms with Crippen molar-refractivity contribution in [2.24, 2.45) is 5.92 Å². The predicted molar refractivity (Wildman–Crippen MR) is 132 cm³/mol. The first-order valence-corrected chi connectivity index (χ1v) is 12.9. The van der Waals surface area contributed by atoms with Crippen LogP contribution in [-0.2, 0) is 0 Å². The predicted octanol–water partition coefficient (Wildman–Crippen LogP) is 2.84. The Morgan fingerprint density at radius 2 is 1.71 bits per heavy atom. The zero-order valence-corrected chi connectivity index (χ0v) is 20.9. The van der Waals surface area contributed by atoms with Crippen LogP contribution in [0.3, 0.4) is 0 Å². The number of likely N-dealkylation sites (tertiary alicyclic amines) is 3. The van der Waals surface area contributed by atoms with E-state index in [1.165, 1.54) is 19.6 Å². The number of anilines is 1. The van der Waals surface area contributed by atoms with Crippen molar-refractivity contribution >= 4 is 29.4 Å². The molecule has 0 bridgehead atoms. The highest BCUT2D eigenvalue weighted by Crippen LogP contribution is 2.26. The largest absolute Gasteiger partial charge is 0.480 e. The Balaban J connectivity index is 1.19. The number of carbonyl (C=O) groups excluding carboxylic acids is 2. The molecule has 4 rings (SSSR count). The van der Waals surface area contributed by atoms with Gasteiger partial charge in [-0.3, -0.25) is 4.79 Å². The van der Waals surface area contributed by atoms with E-state index in [0.717, 1.165) is 84.3 Å². The van der Waals surface area contributed by atoms with E-state index < -0.39 is 0 Å². The molecule has 10 heteroatoms. The van der Waals surface area contributed by atoms with Crippen LogP contribution < -0.4 is 15.8 Å². The summed E-state index contributed by atoms with van der Waals surface area (Å²) in [7, 11) is 1.46. The van der Waals surface area contributed by atoms with Gasteiger partial charge in [0.25, 0.3) is 5.91 Å². The minimum Gasteiger partial charge on any atom is -0.480 e. The summed E-state index contributed by atoms with van der Waals surface area (Å²) in [6, 6.07) is 1.85. The summed E-state index contributed by atoms with van der Waals surface area (Å²) < 4.78 is 5.20. The van der Waals surface area contributed by atoms with Gasteiger partial charge < -0.3 is 30.5 Å². The van der Waals surface area contributed by atoms with Crippen molar-refractivity contribution < 1.29 is 14.3 Å². The number of carbonyl (C=O) groups is 2. The van der Waals surface area contributed by atoms with Crippen molar-refractivity contribution in [1.29, 1.82) is 0 Å². The summed E-state index contributed by atoms with van der Waals surface area (Å²) in [5, 5.41) is 3.34. The molecular weight excluding hydrogens is 456 g/mol. The van der Waals surface area contributed by atoms with Crippen LogP contribution in [-0.4, -0.2) is 90.6 Å². The number of hydrogen-bond donors (Lipinski definition) is 2. The Morgan fingerprint density at radius 3 is 2.35 bits per heavy atom. The SMILES string of the molecule is COc1nc(N)c(Cl)cc1C(=O)NC1CCN(CC2CCN(C(=O)N3CCCCC3)CC2)CC1. The zero-order chi connectivity index (χ0) is 24.1. The lowest BCUT2D eigenvalue weighted by molar-refractivity contribution is 0.0880. The first kappa shape index (κ1) is 24.9. The standard InChI is InChI=1S/C24H37ClN6O3/c1-34-23-19(15-20(25)21(26)28-23)22(32)27-18-7-11-29(12-8-18)16-17-5-13-31(14-6-17)24(33)30-9-3-2-4-10-30/h15,17-18H,2-14,16H2,1H3,(H2,26,28)(H,27,32). The van der Waals surface area contributed by atoms with Crippen LogP contribution in [0.15, 0.2) is 6.07 Å². The highest BCUT2D eigenvalue weighted by molar-refractivity contribution is 6.33. The van der Waals surface area contributed by atoms with Crippen LogP contribution in [0.2, 0.25) is 5.02 Å². The molecule has 9 nitrogen and oxygen atoms in total. The van der Waals surface area contributed by atoms with E-state index in [1.54, 1.807) is 0 Å². The van der Waals surface area contributed by atoms with Gasteiger partial charge in [-0.2, -0.15) is 4.98 Å². The molecular formula is C24H37ClN6O3.